The minimum atomic E-state index is -0.396. The van der Waals surface area contributed by atoms with Crippen molar-refractivity contribution in [1.29, 1.82) is 0 Å². The number of carbonyl (C=O) groups is 1. The van der Waals surface area contributed by atoms with Crippen molar-refractivity contribution in [3.05, 3.63) is 65.3 Å². The Bertz CT molecular complexity index is 951. The summed E-state index contributed by atoms with van der Waals surface area (Å²) in [5, 5.41) is 4.22. The summed E-state index contributed by atoms with van der Waals surface area (Å²) in [7, 11) is 1.31. The second-order valence-electron chi connectivity index (χ2n) is 4.85. The maximum Gasteiger partial charge on any atom is 0.292 e. The molecule has 3 aromatic rings. The highest BCUT2D eigenvalue weighted by molar-refractivity contribution is 6.42. The number of anilines is 1. The fourth-order valence-electron chi connectivity index (χ4n) is 2.27. The van der Waals surface area contributed by atoms with E-state index in [1.807, 2.05) is 0 Å². The Kier molecular flexibility index (Phi) is 6.89. The average Bonchev–Trinajstić information content (AvgIpc) is 2.65. The molecule has 26 heavy (non-hydrogen) atoms. The predicted octanol–water partition coefficient (Wildman–Crippen LogP) is 5.09. The highest BCUT2D eigenvalue weighted by Crippen LogP contribution is 2.36. The SMILES string of the molecule is C=CNc1ncnc2ccc(F)c(-c3ccc(Cl)c(Cl)c3)c12.COC=O. The summed E-state index contributed by atoms with van der Waals surface area (Å²) in [6, 6.07) is 7.91. The topological polar surface area (TPSA) is 64.1 Å². The van der Waals surface area contributed by atoms with Gasteiger partial charge in [0, 0.05) is 5.56 Å². The third kappa shape index (κ3) is 4.28. The molecule has 2 aromatic carbocycles. The van der Waals surface area contributed by atoms with Gasteiger partial charge in [-0.3, -0.25) is 4.79 Å². The molecule has 3 rings (SSSR count). The Hall–Kier alpha value is -2.70. The summed E-state index contributed by atoms with van der Waals surface area (Å²) in [5.41, 5.74) is 1.57. The monoisotopic (exact) mass is 393 g/mol. The van der Waals surface area contributed by atoms with Crippen LogP contribution >= 0.6 is 23.2 Å². The smallest absolute Gasteiger partial charge is 0.292 e. The lowest BCUT2D eigenvalue weighted by Crippen LogP contribution is -1.97. The third-order valence-corrected chi connectivity index (χ3v) is 4.04. The van der Waals surface area contributed by atoms with E-state index in [-0.39, 0.29) is 0 Å². The van der Waals surface area contributed by atoms with Gasteiger partial charge < -0.3 is 10.1 Å². The number of nitrogens with zero attached hydrogens (tertiary/aromatic N) is 2. The number of carbonyl (C=O) groups excluding carboxylic acids is 1. The van der Waals surface area contributed by atoms with Gasteiger partial charge in [-0.2, -0.15) is 0 Å². The molecule has 1 heterocycles. The molecule has 0 bridgehead atoms. The molecule has 0 aliphatic rings. The van der Waals surface area contributed by atoms with Crippen LogP contribution < -0.4 is 5.32 Å². The second-order valence-corrected chi connectivity index (χ2v) is 5.66. The van der Waals surface area contributed by atoms with Crippen LogP contribution in [0.15, 0.2) is 49.4 Å². The van der Waals surface area contributed by atoms with Crippen LogP contribution in [-0.4, -0.2) is 23.5 Å². The van der Waals surface area contributed by atoms with Gasteiger partial charge in [0.1, 0.15) is 18.0 Å². The summed E-state index contributed by atoms with van der Waals surface area (Å²) in [5.74, 6) is 0.0772. The van der Waals surface area contributed by atoms with Gasteiger partial charge >= 0.3 is 0 Å². The predicted molar refractivity (Wildman–Crippen MR) is 102 cm³/mol. The summed E-state index contributed by atoms with van der Waals surface area (Å²) >= 11 is 12.0. The lowest BCUT2D eigenvalue weighted by Gasteiger charge is -2.12. The van der Waals surface area contributed by atoms with E-state index in [0.717, 1.165) is 0 Å². The maximum absolute atomic E-state index is 14.5. The molecule has 0 aliphatic heterocycles. The molecule has 134 valence electrons. The largest absolute Gasteiger partial charge is 0.471 e. The fourth-order valence-corrected chi connectivity index (χ4v) is 2.56. The first kappa shape index (κ1) is 19.6. The highest BCUT2D eigenvalue weighted by atomic mass is 35.5. The Balaban J connectivity index is 0.000000552. The minimum absolute atomic E-state index is 0.352. The number of hydrogen-bond donors (Lipinski definition) is 1. The summed E-state index contributed by atoms with van der Waals surface area (Å²) in [6.45, 7) is 3.98. The van der Waals surface area contributed by atoms with Crippen molar-refractivity contribution in [3.8, 4) is 11.1 Å². The molecule has 0 unspecified atom stereocenters. The molecule has 0 saturated heterocycles. The van der Waals surface area contributed by atoms with E-state index in [1.54, 1.807) is 24.3 Å². The van der Waals surface area contributed by atoms with Gasteiger partial charge in [0.05, 0.1) is 28.1 Å². The van der Waals surface area contributed by atoms with Crippen molar-refractivity contribution in [3.63, 3.8) is 0 Å². The van der Waals surface area contributed by atoms with Crippen LogP contribution in [0, 0.1) is 5.82 Å². The molecule has 0 saturated carbocycles. The Morgan fingerprint density at radius 2 is 1.92 bits per heavy atom. The van der Waals surface area contributed by atoms with E-state index in [1.165, 1.54) is 25.7 Å². The zero-order valence-corrected chi connectivity index (χ0v) is 15.2. The van der Waals surface area contributed by atoms with Gasteiger partial charge in [0.2, 0.25) is 0 Å². The Morgan fingerprint density at radius 3 is 2.54 bits per heavy atom. The van der Waals surface area contributed by atoms with Crippen molar-refractivity contribution in [1.82, 2.24) is 9.97 Å². The van der Waals surface area contributed by atoms with Crippen LogP contribution in [0.1, 0.15) is 0 Å². The molecule has 8 heteroatoms. The number of fused-ring (bicyclic) bond motifs is 1. The van der Waals surface area contributed by atoms with Gasteiger partial charge in [-0.05, 0) is 36.0 Å². The Morgan fingerprint density at radius 1 is 1.19 bits per heavy atom. The number of aromatic nitrogens is 2. The summed E-state index contributed by atoms with van der Waals surface area (Å²) < 4.78 is 18.3. The fraction of sp³-hybridized carbons (Fsp3) is 0.0556. The molecule has 1 N–H and O–H groups in total. The first-order chi connectivity index (χ1) is 12.5. The number of methoxy groups -OCH3 is 1. The van der Waals surface area contributed by atoms with Crippen LogP contribution in [0.5, 0.6) is 0 Å². The molecule has 5 nitrogen and oxygen atoms in total. The Labute approximate surface area is 159 Å². The van der Waals surface area contributed by atoms with Crippen LogP contribution in [0.4, 0.5) is 10.2 Å². The molecular weight excluding hydrogens is 380 g/mol. The van der Waals surface area contributed by atoms with E-state index < -0.39 is 5.82 Å². The maximum atomic E-state index is 14.5. The highest BCUT2D eigenvalue weighted by Gasteiger charge is 2.15. The second kappa shape index (κ2) is 9.12. The number of rotatable bonds is 4. The van der Waals surface area contributed by atoms with Crippen molar-refractivity contribution >= 4 is 46.4 Å². The third-order valence-electron chi connectivity index (χ3n) is 3.30. The minimum Gasteiger partial charge on any atom is -0.471 e. The van der Waals surface area contributed by atoms with Gasteiger partial charge in [0.25, 0.3) is 6.47 Å². The standard InChI is InChI=1S/C16H10Cl2FN3.C2H4O2/c1-2-20-16-15-13(21-8-22-16)6-5-12(19)14(15)9-3-4-10(17)11(18)7-9;1-4-2-3/h2-8H,1H2,(H,20,21,22);2H,1H3. The lowest BCUT2D eigenvalue weighted by molar-refractivity contribution is -0.126. The number of benzene rings is 2. The molecule has 0 radical (unpaired) electrons. The molecule has 1 aromatic heterocycles. The van der Waals surface area contributed by atoms with Gasteiger partial charge in [-0.1, -0.05) is 35.8 Å². The average molecular weight is 394 g/mol. The zero-order valence-electron chi connectivity index (χ0n) is 13.7. The van der Waals surface area contributed by atoms with E-state index in [4.69, 9.17) is 28.0 Å². The summed E-state index contributed by atoms with van der Waals surface area (Å²) in [4.78, 5) is 17.3. The number of ether oxygens (including phenoxy) is 1. The molecule has 0 aliphatic carbocycles. The van der Waals surface area contributed by atoms with Gasteiger partial charge in [-0.15, -0.1) is 0 Å². The number of hydrogen-bond acceptors (Lipinski definition) is 5. The van der Waals surface area contributed by atoms with Crippen LogP contribution in [0.2, 0.25) is 10.0 Å². The van der Waals surface area contributed by atoms with E-state index in [0.29, 0.717) is 44.4 Å². The molecule has 0 amide bonds. The first-order valence-corrected chi connectivity index (χ1v) is 8.01. The van der Waals surface area contributed by atoms with Crippen molar-refractivity contribution < 1.29 is 13.9 Å². The van der Waals surface area contributed by atoms with Crippen LogP contribution in [0.25, 0.3) is 22.0 Å². The van der Waals surface area contributed by atoms with E-state index >= 15 is 0 Å². The van der Waals surface area contributed by atoms with Crippen LogP contribution in [0.3, 0.4) is 0 Å². The zero-order chi connectivity index (χ0) is 19.1. The van der Waals surface area contributed by atoms with E-state index in [2.05, 4.69) is 26.6 Å². The van der Waals surface area contributed by atoms with Gasteiger partial charge in [0.15, 0.2) is 0 Å². The van der Waals surface area contributed by atoms with Crippen molar-refractivity contribution in [2.24, 2.45) is 0 Å². The van der Waals surface area contributed by atoms with Crippen molar-refractivity contribution in [2.75, 3.05) is 12.4 Å². The molecule has 0 atom stereocenters. The molecule has 0 spiro atoms. The number of nitrogens with one attached hydrogen (secondary N) is 1. The van der Waals surface area contributed by atoms with Gasteiger partial charge in [-0.25, -0.2) is 14.4 Å². The first-order valence-electron chi connectivity index (χ1n) is 7.26. The lowest BCUT2D eigenvalue weighted by atomic mass is 10.00. The molecule has 0 fully saturated rings. The quantitative estimate of drug-likeness (QED) is 0.625. The van der Waals surface area contributed by atoms with Crippen molar-refractivity contribution in [2.45, 2.75) is 0 Å². The van der Waals surface area contributed by atoms with E-state index in [9.17, 15) is 4.39 Å². The number of halogens is 3. The normalized spacial score (nSPS) is 9.85. The summed E-state index contributed by atoms with van der Waals surface area (Å²) in [6.07, 6.45) is 2.88. The van der Waals surface area contributed by atoms with Crippen LogP contribution in [-0.2, 0) is 9.53 Å². The molecular formula is C18H14Cl2FN3O2.